The third kappa shape index (κ3) is 7.03. The first-order valence-corrected chi connectivity index (χ1v) is 10.9. The molecular weight excluding hydrogens is 673 g/mol. The molecule has 7 nitrogen and oxygen atoms in total. The van der Waals surface area contributed by atoms with Crippen molar-refractivity contribution in [3.05, 3.63) is 60.2 Å². The van der Waals surface area contributed by atoms with Crippen LogP contribution >= 0.6 is 57.6 Å². The molecular formula is C19H17ClF3I2N7. The van der Waals surface area contributed by atoms with Gasteiger partial charge in [-0.25, -0.2) is 5.43 Å². The molecule has 0 radical (unpaired) electrons. The van der Waals surface area contributed by atoms with Gasteiger partial charge >= 0.3 is 6.18 Å². The molecule has 3 rings (SSSR count). The highest BCUT2D eigenvalue weighted by molar-refractivity contribution is 14.1. The molecule has 32 heavy (non-hydrogen) atoms. The third-order valence-electron chi connectivity index (χ3n) is 4.02. The van der Waals surface area contributed by atoms with Crippen LogP contribution in [0.15, 0.2) is 41.5 Å². The molecule has 0 fully saturated rings. The lowest BCUT2D eigenvalue weighted by Gasteiger charge is -2.11. The molecule has 0 saturated heterocycles. The van der Waals surface area contributed by atoms with Crippen LogP contribution in [0.5, 0.6) is 0 Å². The highest BCUT2D eigenvalue weighted by Crippen LogP contribution is 2.31. The molecule has 1 aromatic heterocycles. The van der Waals surface area contributed by atoms with Crippen molar-refractivity contribution in [3.8, 4) is 0 Å². The summed E-state index contributed by atoms with van der Waals surface area (Å²) >= 11 is 4.50. The Morgan fingerprint density at radius 1 is 1.00 bits per heavy atom. The average Bonchev–Trinajstić information content (AvgIpc) is 2.71. The summed E-state index contributed by atoms with van der Waals surface area (Å²) in [6.07, 6.45) is -2.79. The van der Waals surface area contributed by atoms with Crippen LogP contribution < -0.4 is 16.1 Å². The van der Waals surface area contributed by atoms with Gasteiger partial charge in [-0.2, -0.15) is 33.2 Å². The van der Waals surface area contributed by atoms with E-state index >= 15 is 0 Å². The normalized spacial score (nSPS) is 11.2. The number of aromatic nitrogens is 3. The van der Waals surface area contributed by atoms with Gasteiger partial charge in [-0.15, -0.1) is 12.4 Å². The second-order valence-corrected chi connectivity index (χ2v) is 8.64. The van der Waals surface area contributed by atoms with Crippen LogP contribution in [0.1, 0.15) is 16.7 Å². The Bertz CT molecular complexity index is 1130. The number of hydrazone groups is 1. The minimum atomic E-state index is -4.44. The number of nitrogens with zero attached hydrogens (tertiary/aromatic N) is 4. The van der Waals surface area contributed by atoms with Crippen LogP contribution in [0.3, 0.4) is 0 Å². The van der Waals surface area contributed by atoms with Crippen molar-refractivity contribution in [2.75, 3.05) is 23.1 Å². The van der Waals surface area contributed by atoms with E-state index < -0.39 is 11.7 Å². The summed E-state index contributed by atoms with van der Waals surface area (Å²) in [6.45, 7) is 2.00. The molecule has 170 valence electrons. The van der Waals surface area contributed by atoms with Crippen molar-refractivity contribution in [2.24, 2.45) is 5.10 Å². The quantitative estimate of drug-likeness (QED) is 0.166. The van der Waals surface area contributed by atoms with Crippen molar-refractivity contribution < 1.29 is 13.2 Å². The minimum Gasteiger partial charge on any atom is -0.357 e. The highest BCUT2D eigenvalue weighted by atomic mass is 127. The molecule has 2 aromatic carbocycles. The number of hydrogen-bond acceptors (Lipinski definition) is 7. The lowest BCUT2D eigenvalue weighted by atomic mass is 10.1. The maximum absolute atomic E-state index is 12.9. The Morgan fingerprint density at radius 2 is 1.69 bits per heavy atom. The first kappa shape index (κ1) is 26.3. The van der Waals surface area contributed by atoms with Gasteiger partial charge in [0, 0.05) is 19.9 Å². The van der Waals surface area contributed by atoms with Crippen LogP contribution in [0.2, 0.25) is 0 Å². The summed E-state index contributed by atoms with van der Waals surface area (Å²) in [5, 5.41) is 9.74. The lowest BCUT2D eigenvalue weighted by molar-refractivity contribution is -0.137. The first-order valence-electron chi connectivity index (χ1n) is 8.78. The van der Waals surface area contributed by atoms with Crippen LogP contribution in [-0.4, -0.2) is 28.2 Å². The van der Waals surface area contributed by atoms with Gasteiger partial charge in [0.05, 0.1) is 11.8 Å². The first-order chi connectivity index (χ1) is 14.7. The standard InChI is InChI=1S/C19H16F3I2N7.ClH/c1-10-11(6-13(23)8-15(10)24)9-26-31-18-29-16(25-2)28-17(30-18)27-14-5-3-4-12(7-14)19(20,21)22;/h3-9H,1-2H3,(H3,25,27,28,29,30,31);1H. The van der Waals surface area contributed by atoms with E-state index in [1.807, 2.05) is 13.0 Å². The number of rotatable bonds is 6. The van der Waals surface area contributed by atoms with Gasteiger partial charge in [-0.1, -0.05) is 6.07 Å². The highest BCUT2D eigenvalue weighted by Gasteiger charge is 2.30. The maximum Gasteiger partial charge on any atom is 0.416 e. The zero-order valence-corrected chi connectivity index (χ0v) is 21.8. The molecule has 3 N–H and O–H groups in total. The number of nitrogens with one attached hydrogen (secondary N) is 3. The molecule has 0 spiro atoms. The summed E-state index contributed by atoms with van der Waals surface area (Å²) < 4.78 is 41.0. The van der Waals surface area contributed by atoms with Crippen LogP contribution in [0.25, 0.3) is 0 Å². The van der Waals surface area contributed by atoms with E-state index in [-0.39, 0.29) is 35.9 Å². The molecule has 13 heteroatoms. The fourth-order valence-electron chi connectivity index (χ4n) is 2.46. The summed E-state index contributed by atoms with van der Waals surface area (Å²) in [5.74, 6) is 0.418. The Morgan fingerprint density at radius 3 is 2.38 bits per heavy atom. The predicted molar refractivity (Wildman–Crippen MR) is 139 cm³/mol. The SMILES string of the molecule is CNc1nc(NN=Cc2cc(I)cc(I)c2C)nc(Nc2cccc(C(F)(F)F)c2)n1.Cl. The smallest absolute Gasteiger partial charge is 0.357 e. The largest absolute Gasteiger partial charge is 0.416 e. The molecule has 0 bridgehead atoms. The Kier molecular flexibility index (Phi) is 9.27. The van der Waals surface area contributed by atoms with Gasteiger partial charge in [-0.3, -0.25) is 0 Å². The zero-order valence-electron chi connectivity index (χ0n) is 16.6. The second-order valence-electron chi connectivity index (χ2n) is 6.23. The monoisotopic (exact) mass is 689 g/mol. The van der Waals surface area contributed by atoms with Crippen molar-refractivity contribution in [2.45, 2.75) is 13.1 Å². The number of benzene rings is 2. The predicted octanol–water partition coefficient (Wildman–Crippen LogP) is 6.06. The van der Waals surface area contributed by atoms with E-state index in [0.29, 0.717) is 0 Å². The number of halogens is 6. The van der Waals surface area contributed by atoms with Crippen LogP contribution in [-0.2, 0) is 6.18 Å². The average molecular weight is 690 g/mol. The molecule has 0 unspecified atom stereocenters. The third-order valence-corrected chi connectivity index (χ3v) is 5.77. The Hall–Kier alpha value is -1.94. The minimum absolute atomic E-state index is 0. The van der Waals surface area contributed by atoms with Gasteiger partial charge in [0.2, 0.25) is 17.8 Å². The Balaban J connectivity index is 0.00000363. The molecule has 1 heterocycles. The fraction of sp³-hybridized carbons (Fsp3) is 0.158. The topological polar surface area (TPSA) is 87.1 Å². The second kappa shape index (κ2) is 11.3. The zero-order chi connectivity index (χ0) is 22.6. The van der Waals surface area contributed by atoms with Crippen LogP contribution in [0, 0.1) is 14.1 Å². The van der Waals surface area contributed by atoms with E-state index in [9.17, 15) is 13.2 Å². The van der Waals surface area contributed by atoms with E-state index in [2.05, 4.69) is 87.4 Å². The number of anilines is 4. The summed E-state index contributed by atoms with van der Waals surface area (Å²) in [5.41, 5.74) is 4.19. The van der Waals surface area contributed by atoms with Crippen molar-refractivity contribution in [1.82, 2.24) is 15.0 Å². The van der Waals surface area contributed by atoms with E-state index in [4.69, 9.17) is 0 Å². The van der Waals surface area contributed by atoms with Crippen molar-refractivity contribution >= 4 is 87.3 Å². The number of hydrogen-bond donors (Lipinski definition) is 3. The summed E-state index contributed by atoms with van der Waals surface area (Å²) in [4.78, 5) is 12.5. The molecule has 0 atom stereocenters. The van der Waals surface area contributed by atoms with E-state index in [0.717, 1.165) is 30.4 Å². The fourth-order valence-corrected chi connectivity index (χ4v) is 4.35. The molecule has 0 aliphatic rings. The van der Waals surface area contributed by atoms with Crippen molar-refractivity contribution in [1.29, 1.82) is 0 Å². The van der Waals surface area contributed by atoms with Gasteiger partial charge in [0.15, 0.2) is 0 Å². The lowest BCUT2D eigenvalue weighted by Crippen LogP contribution is -2.08. The summed E-state index contributed by atoms with van der Waals surface area (Å²) in [7, 11) is 1.62. The molecule has 0 saturated carbocycles. The van der Waals surface area contributed by atoms with Gasteiger partial charge in [0.1, 0.15) is 0 Å². The summed E-state index contributed by atoms with van der Waals surface area (Å²) in [6, 6.07) is 8.83. The number of alkyl halides is 3. The molecule has 0 aliphatic carbocycles. The van der Waals surface area contributed by atoms with Gasteiger partial charge < -0.3 is 10.6 Å². The van der Waals surface area contributed by atoms with Gasteiger partial charge in [0.25, 0.3) is 0 Å². The van der Waals surface area contributed by atoms with Crippen molar-refractivity contribution in [3.63, 3.8) is 0 Å². The van der Waals surface area contributed by atoms with Gasteiger partial charge in [-0.05, 0) is 93.6 Å². The van der Waals surface area contributed by atoms with E-state index in [1.54, 1.807) is 13.3 Å². The van der Waals surface area contributed by atoms with E-state index in [1.165, 1.54) is 12.1 Å². The molecule has 3 aromatic rings. The maximum atomic E-state index is 12.9. The molecule has 0 aliphatic heterocycles. The van der Waals surface area contributed by atoms with Crippen LogP contribution in [0.4, 0.5) is 36.7 Å². The molecule has 0 amide bonds. The Labute approximate surface area is 215 Å².